The number of benzene rings is 1. The largest absolute Gasteiger partial charge is 0.482 e. The Kier molecular flexibility index (Phi) is 3.57. The fourth-order valence-corrected chi connectivity index (χ4v) is 1.63. The van der Waals surface area contributed by atoms with Crippen LogP contribution in [0.1, 0.15) is 6.92 Å². The minimum Gasteiger partial charge on any atom is -0.482 e. The summed E-state index contributed by atoms with van der Waals surface area (Å²) in [6.45, 7) is 2.61. The molecule has 0 saturated heterocycles. The Morgan fingerprint density at radius 1 is 1.61 bits per heavy atom. The van der Waals surface area contributed by atoms with Crippen molar-refractivity contribution >= 4 is 23.0 Å². The Morgan fingerprint density at radius 2 is 2.39 bits per heavy atom. The fraction of sp³-hybridized carbons (Fsp3) is 0.417. The van der Waals surface area contributed by atoms with E-state index in [0.29, 0.717) is 23.7 Å². The molecule has 0 fully saturated rings. The van der Waals surface area contributed by atoms with Crippen LogP contribution in [-0.4, -0.2) is 32.3 Å². The number of carbonyl (C=O) groups is 1. The zero-order chi connectivity index (χ0) is 13.1. The lowest BCUT2D eigenvalue weighted by Gasteiger charge is -2.21. The maximum absolute atomic E-state index is 11.2. The smallest absolute Gasteiger partial charge is 0.262 e. The predicted octanol–water partition coefficient (Wildman–Crippen LogP) is 1.05. The quantitative estimate of drug-likeness (QED) is 0.696. The number of ether oxygens (including phenoxy) is 2. The summed E-state index contributed by atoms with van der Waals surface area (Å²) >= 11 is 0. The molecule has 0 aliphatic carbocycles. The Balaban J connectivity index is 2.16. The highest BCUT2D eigenvalue weighted by Crippen LogP contribution is 2.35. The number of rotatable bonds is 4. The van der Waals surface area contributed by atoms with E-state index in [9.17, 15) is 4.79 Å². The number of methoxy groups -OCH3 is 1. The van der Waals surface area contributed by atoms with Gasteiger partial charge in [-0.05, 0) is 13.0 Å². The van der Waals surface area contributed by atoms with Crippen molar-refractivity contribution in [2.45, 2.75) is 13.0 Å². The summed E-state index contributed by atoms with van der Waals surface area (Å²) in [5, 5.41) is 5.91. The Bertz CT molecular complexity index is 462. The zero-order valence-electron chi connectivity index (χ0n) is 10.4. The fourth-order valence-electron chi connectivity index (χ4n) is 1.63. The lowest BCUT2D eigenvalue weighted by atomic mass is 10.2. The summed E-state index contributed by atoms with van der Waals surface area (Å²) in [5.41, 5.74) is 7.87. The number of anilines is 3. The average molecular weight is 251 g/mol. The van der Waals surface area contributed by atoms with Crippen molar-refractivity contribution in [2.75, 3.05) is 36.6 Å². The van der Waals surface area contributed by atoms with Crippen molar-refractivity contribution in [1.82, 2.24) is 0 Å². The summed E-state index contributed by atoms with van der Waals surface area (Å²) in [6, 6.07) is 3.47. The SMILES string of the molecule is COC(C)CNc1cc2c(cc1N)OCC(=O)N2. The monoisotopic (exact) mass is 251 g/mol. The van der Waals surface area contributed by atoms with Crippen molar-refractivity contribution < 1.29 is 14.3 Å². The second-order valence-electron chi connectivity index (χ2n) is 4.20. The van der Waals surface area contributed by atoms with Crippen LogP contribution >= 0.6 is 0 Å². The Morgan fingerprint density at radius 3 is 3.11 bits per heavy atom. The summed E-state index contributed by atoms with van der Waals surface area (Å²) in [6.07, 6.45) is 0.0753. The molecule has 1 amide bonds. The Hall–Kier alpha value is -1.95. The molecular weight excluding hydrogens is 234 g/mol. The molecule has 1 heterocycles. The molecule has 6 nitrogen and oxygen atoms in total. The predicted molar refractivity (Wildman–Crippen MR) is 69.9 cm³/mol. The van der Waals surface area contributed by atoms with E-state index in [4.69, 9.17) is 15.2 Å². The third-order valence-corrected chi connectivity index (χ3v) is 2.77. The molecule has 98 valence electrons. The molecule has 1 aliphatic heterocycles. The van der Waals surface area contributed by atoms with Crippen molar-refractivity contribution in [1.29, 1.82) is 0 Å². The van der Waals surface area contributed by atoms with Crippen LogP contribution < -0.4 is 21.1 Å². The Labute approximate surface area is 105 Å². The number of nitrogens with one attached hydrogen (secondary N) is 2. The van der Waals surface area contributed by atoms with Gasteiger partial charge < -0.3 is 25.8 Å². The van der Waals surface area contributed by atoms with Gasteiger partial charge in [0.1, 0.15) is 5.75 Å². The molecule has 1 aliphatic rings. The molecule has 0 aromatic heterocycles. The first-order valence-electron chi connectivity index (χ1n) is 5.73. The van der Waals surface area contributed by atoms with Crippen molar-refractivity contribution in [3.63, 3.8) is 0 Å². The van der Waals surface area contributed by atoms with Gasteiger partial charge in [-0.3, -0.25) is 4.79 Å². The highest BCUT2D eigenvalue weighted by molar-refractivity contribution is 5.97. The number of amides is 1. The minimum atomic E-state index is -0.163. The number of hydrogen-bond donors (Lipinski definition) is 3. The molecule has 18 heavy (non-hydrogen) atoms. The molecule has 1 atom stereocenters. The van der Waals surface area contributed by atoms with Gasteiger partial charge in [0.2, 0.25) is 0 Å². The first-order chi connectivity index (χ1) is 8.60. The van der Waals surface area contributed by atoms with Gasteiger partial charge in [-0.15, -0.1) is 0 Å². The van der Waals surface area contributed by atoms with E-state index in [1.54, 1.807) is 19.2 Å². The van der Waals surface area contributed by atoms with Crippen molar-refractivity contribution in [3.8, 4) is 5.75 Å². The molecular formula is C12H17N3O3. The van der Waals surface area contributed by atoms with Gasteiger partial charge in [0, 0.05) is 19.7 Å². The van der Waals surface area contributed by atoms with Crippen LogP contribution in [0.2, 0.25) is 0 Å². The number of hydrogen-bond acceptors (Lipinski definition) is 5. The molecule has 0 radical (unpaired) electrons. The summed E-state index contributed by atoms with van der Waals surface area (Å²) in [7, 11) is 1.65. The number of nitrogen functional groups attached to an aromatic ring is 1. The number of fused-ring (bicyclic) bond motifs is 1. The summed E-state index contributed by atoms with van der Waals surface area (Å²) in [4.78, 5) is 11.2. The molecule has 4 N–H and O–H groups in total. The van der Waals surface area contributed by atoms with Crippen LogP contribution in [0.5, 0.6) is 5.75 Å². The maximum atomic E-state index is 11.2. The average Bonchev–Trinajstić information content (AvgIpc) is 2.36. The second-order valence-corrected chi connectivity index (χ2v) is 4.20. The van der Waals surface area contributed by atoms with Gasteiger partial charge in [-0.25, -0.2) is 0 Å². The molecule has 1 aromatic rings. The number of nitrogens with two attached hydrogens (primary N) is 1. The van der Waals surface area contributed by atoms with E-state index >= 15 is 0 Å². The van der Waals surface area contributed by atoms with Crippen molar-refractivity contribution in [2.24, 2.45) is 0 Å². The van der Waals surface area contributed by atoms with Gasteiger partial charge >= 0.3 is 0 Å². The van der Waals surface area contributed by atoms with Crippen LogP contribution in [0.4, 0.5) is 17.1 Å². The van der Waals surface area contributed by atoms with Gasteiger partial charge in [-0.2, -0.15) is 0 Å². The standard InChI is InChI=1S/C12H17N3O3/c1-7(17-2)5-14-9-4-10-11(3-8(9)13)18-6-12(16)15-10/h3-4,7,14H,5-6,13H2,1-2H3,(H,15,16). The van der Waals surface area contributed by atoms with E-state index < -0.39 is 0 Å². The van der Waals surface area contributed by atoms with Crippen LogP contribution in [0.25, 0.3) is 0 Å². The van der Waals surface area contributed by atoms with E-state index in [2.05, 4.69) is 10.6 Å². The second kappa shape index (κ2) is 5.14. The topological polar surface area (TPSA) is 85.6 Å². The first kappa shape index (κ1) is 12.5. The highest BCUT2D eigenvalue weighted by atomic mass is 16.5. The molecule has 1 aromatic carbocycles. The molecule has 6 heteroatoms. The summed E-state index contributed by atoms with van der Waals surface area (Å²) < 4.78 is 10.4. The van der Waals surface area contributed by atoms with Crippen molar-refractivity contribution in [3.05, 3.63) is 12.1 Å². The van der Waals surface area contributed by atoms with Crippen LogP contribution in [0.3, 0.4) is 0 Å². The van der Waals surface area contributed by atoms with Crippen LogP contribution in [0.15, 0.2) is 12.1 Å². The lowest BCUT2D eigenvalue weighted by molar-refractivity contribution is -0.118. The van der Waals surface area contributed by atoms with Gasteiger partial charge in [-0.1, -0.05) is 0 Å². The van der Waals surface area contributed by atoms with Crippen LogP contribution in [0, 0.1) is 0 Å². The molecule has 0 saturated carbocycles. The van der Waals surface area contributed by atoms with Gasteiger partial charge in [0.25, 0.3) is 5.91 Å². The highest BCUT2D eigenvalue weighted by Gasteiger charge is 2.17. The third-order valence-electron chi connectivity index (χ3n) is 2.77. The normalized spacial score (nSPS) is 15.3. The number of carbonyl (C=O) groups excluding carboxylic acids is 1. The van der Waals surface area contributed by atoms with Crippen LogP contribution in [-0.2, 0) is 9.53 Å². The van der Waals surface area contributed by atoms with Gasteiger partial charge in [0.15, 0.2) is 6.61 Å². The van der Waals surface area contributed by atoms with E-state index in [1.165, 1.54) is 0 Å². The lowest BCUT2D eigenvalue weighted by Crippen LogP contribution is -2.26. The summed E-state index contributed by atoms with van der Waals surface area (Å²) in [5.74, 6) is 0.431. The minimum absolute atomic E-state index is 0.0277. The molecule has 0 spiro atoms. The third kappa shape index (κ3) is 2.65. The molecule has 0 bridgehead atoms. The first-order valence-corrected chi connectivity index (χ1v) is 5.73. The van der Waals surface area contributed by atoms with Gasteiger partial charge in [0.05, 0.1) is 23.2 Å². The van der Waals surface area contributed by atoms with E-state index in [0.717, 1.165) is 5.69 Å². The van der Waals surface area contributed by atoms with E-state index in [-0.39, 0.29) is 18.6 Å². The van der Waals surface area contributed by atoms with E-state index in [1.807, 2.05) is 6.92 Å². The molecule has 2 rings (SSSR count). The maximum Gasteiger partial charge on any atom is 0.262 e. The zero-order valence-corrected chi connectivity index (χ0v) is 10.4. The molecule has 1 unspecified atom stereocenters.